The third kappa shape index (κ3) is 4.22. The second-order valence-electron chi connectivity index (χ2n) is 5.69. The molecule has 0 radical (unpaired) electrons. The zero-order valence-electron chi connectivity index (χ0n) is 13.7. The molecule has 0 unspecified atom stereocenters. The van der Waals surface area contributed by atoms with E-state index in [0.717, 1.165) is 23.5 Å². The maximum Gasteiger partial charge on any atom is 0.413 e. The number of carbonyl (C=O) groups is 2. The van der Waals surface area contributed by atoms with Crippen LogP contribution in [0.5, 0.6) is 0 Å². The lowest BCUT2D eigenvalue weighted by molar-refractivity contribution is -0.136. The second kappa shape index (κ2) is 7.91. The molecule has 9 heteroatoms. The summed E-state index contributed by atoms with van der Waals surface area (Å²) < 4.78 is 10.1. The summed E-state index contributed by atoms with van der Waals surface area (Å²) in [6, 6.07) is 0. The van der Waals surface area contributed by atoms with Crippen LogP contribution in [-0.2, 0) is 27.2 Å². The Balaban J connectivity index is 1.55. The molecule has 1 fully saturated rings. The van der Waals surface area contributed by atoms with E-state index in [1.165, 1.54) is 11.3 Å². The first-order valence-corrected chi connectivity index (χ1v) is 8.97. The summed E-state index contributed by atoms with van der Waals surface area (Å²) in [5.74, 6) is 0.149. The van der Waals surface area contributed by atoms with Gasteiger partial charge >= 0.3 is 6.09 Å². The van der Waals surface area contributed by atoms with Crippen LogP contribution in [0.4, 0.5) is 9.93 Å². The molecule has 1 saturated heterocycles. The van der Waals surface area contributed by atoms with Gasteiger partial charge in [0.2, 0.25) is 5.91 Å². The average molecular weight is 354 g/mol. The van der Waals surface area contributed by atoms with E-state index >= 15 is 0 Å². The molecule has 1 aromatic rings. The van der Waals surface area contributed by atoms with E-state index in [4.69, 9.17) is 9.47 Å². The van der Waals surface area contributed by atoms with Crippen molar-refractivity contribution < 1.29 is 19.1 Å². The van der Waals surface area contributed by atoms with Gasteiger partial charge in [-0.1, -0.05) is 11.3 Å². The van der Waals surface area contributed by atoms with E-state index in [1.807, 2.05) is 4.90 Å². The minimum atomic E-state index is -0.483. The Hall–Kier alpha value is -1.71. The summed E-state index contributed by atoms with van der Waals surface area (Å²) in [5.41, 5.74) is 1.00. The van der Waals surface area contributed by atoms with E-state index in [-0.39, 0.29) is 5.91 Å². The molecule has 0 bridgehead atoms. The van der Waals surface area contributed by atoms with Crippen LogP contribution in [-0.4, -0.2) is 72.8 Å². The highest BCUT2D eigenvalue weighted by atomic mass is 32.1. The molecular weight excluding hydrogens is 332 g/mol. The summed E-state index contributed by atoms with van der Waals surface area (Å²) in [5, 5.41) is 3.20. The number of morpholine rings is 1. The highest BCUT2D eigenvalue weighted by Crippen LogP contribution is 2.28. The molecule has 8 nitrogen and oxygen atoms in total. The van der Waals surface area contributed by atoms with Crippen molar-refractivity contribution in [1.29, 1.82) is 0 Å². The Labute approximate surface area is 144 Å². The highest BCUT2D eigenvalue weighted by Gasteiger charge is 2.25. The number of rotatable bonds is 4. The van der Waals surface area contributed by atoms with Crippen molar-refractivity contribution in [3.8, 4) is 0 Å². The van der Waals surface area contributed by atoms with Crippen molar-refractivity contribution in [3.05, 3.63) is 10.6 Å². The molecule has 132 valence electrons. The van der Waals surface area contributed by atoms with Crippen molar-refractivity contribution in [2.45, 2.75) is 19.9 Å². The van der Waals surface area contributed by atoms with Crippen LogP contribution in [0.15, 0.2) is 0 Å². The van der Waals surface area contributed by atoms with E-state index in [2.05, 4.69) is 15.2 Å². The average Bonchev–Trinajstić information content (AvgIpc) is 2.97. The van der Waals surface area contributed by atoms with Gasteiger partial charge in [-0.05, 0) is 6.92 Å². The smallest absolute Gasteiger partial charge is 0.413 e. The number of nitrogens with zero attached hydrogens (tertiary/aromatic N) is 3. The molecule has 0 aromatic carbocycles. The monoisotopic (exact) mass is 354 g/mol. The SMILES string of the molecule is CCOC(=O)Nc1nc2c(s1)CN(CC(=O)N1CCOCC1)CC2. The molecule has 3 rings (SSSR count). The first kappa shape index (κ1) is 17.1. The lowest BCUT2D eigenvalue weighted by Gasteiger charge is -2.31. The number of carbonyl (C=O) groups excluding carboxylic acids is 2. The third-order valence-corrected chi connectivity index (χ3v) is 5.02. The van der Waals surface area contributed by atoms with Gasteiger partial charge in [-0.15, -0.1) is 0 Å². The first-order chi connectivity index (χ1) is 11.7. The van der Waals surface area contributed by atoms with Gasteiger partial charge in [-0.2, -0.15) is 0 Å². The number of anilines is 1. The molecule has 0 atom stereocenters. The van der Waals surface area contributed by atoms with Crippen molar-refractivity contribution in [2.24, 2.45) is 0 Å². The normalized spacial score (nSPS) is 18.1. The fourth-order valence-electron chi connectivity index (χ4n) is 2.80. The minimum absolute atomic E-state index is 0.149. The minimum Gasteiger partial charge on any atom is -0.450 e. The summed E-state index contributed by atoms with van der Waals surface area (Å²) in [4.78, 5) is 33.4. The Morgan fingerprint density at radius 1 is 1.33 bits per heavy atom. The molecule has 0 aliphatic carbocycles. The van der Waals surface area contributed by atoms with Crippen LogP contribution >= 0.6 is 11.3 Å². The Kier molecular flexibility index (Phi) is 5.64. The van der Waals surface area contributed by atoms with E-state index < -0.39 is 6.09 Å². The number of thiazole rings is 1. The van der Waals surface area contributed by atoms with Crippen molar-refractivity contribution in [2.75, 3.05) is 51.3 Å². The van der Waals surface area contributed by atoms with Gasteiger partial charge in [-0.3, -0.25) is 15.0 Å². The van der Waals surface area contributed by atoms with Crippen LogP contribution in [0.25, 0.3) is 0 Å². The summed E-state index contributed by atoms with van der Waals surface area (Å²) in [6.07, 6.45) is 0.301. The number of aromatic nitrogens is 1. The molecule has 3 heterocycles. The standard InChI is InChI=1S/C15H22N4O4S/c1-2-23-15(21)17-14-16-11-3-4-18(9-12(11)24-14)10-13(20)19-5-7-22-8-6-19/h2-10H2,1H3,(H,16,17,21). The topological polar surface area (TPSA) is 84.0 Å². The quantitative estimate of drug-likeness (QED) is 0.866. The van der Waals surface area contributed by atoms with Crippen LogP contribution in [0, 0.1) is 0 Å². The largest absolute Gasteiger partial charge is 0.450 e. The van der Waals surface area contributed by atoms with E-state index in [9.17, 15) is 9.59 Å². The molecule has 0 spiro atoms. The maximum absolute atomic E-state index is 12.3. The van der Waals surface area contributed by atoms with Gasteiger partial charge in [0, 0.05) is 37.5 Å². The van der Waals surface area contributed by atoms with Crippen LogP contribution < -0.4 is 5.32 Å². The third-order valence-electron chi connectivity index (χ3n) is 4.02. The number of hydrogen-bond donors (Lipinski definition) is 1. The lowest BCUT2D eigenvalue weighted by Crippen LogP contribution is -2.46. The maximum atomic E-state index is 12.3. The molecule has 1 N–H and O–H groups in total. The van der Waals surface area contributed by atoms with E-state index in [1.54, 1.807) is 6.92 Å². The number of fused-ring (bicyclic) bond motifs is 1. The van der Waals surface area contributed by atoms with E-state index in [0.29, 0.717) is 51.1 Å². The Morgan fingerprint density at radius 3 is 2.88 bits per heavy atom. The van der Waals surface area contributed by atoms with Crippen LogP contribution in [0.1, 0.15) is 17.5 Å². The summed E-state index contributed by atoms with van der Waals surface area (Å²) >= 11 is 1.45. The Morgan fingerprint density at radius 2 is 2.12 bits per heavy atom. The number of amides is 2. The molecule has 2 amide bonds. The highest BCUT2D eigenvalue weighted by molar-refractivity contribution is 7.15. The van der Waals surface area contributed by atoms with Crippen LogP contribution in [0.2, 0.25) is 0 Å². The predicted octanol–water partition coefficient (Wildman–Crippen LogP) is 0.928. The van der Waals surface area contributed by atoms with Crippen molar-refractivity contribution >= 4 is 28.5 Å². The lowest BCUT2D eigenvalue weighted by atomic mass is 10.2. The van der Waals surface area contributed by atoms with Gasteiger partial charge in [-0.25, -0.2) is 9.78 Å². The van der Waals surface area contributed by atoms with Gasteiger partial charge in [0.05, 0.1) is 32.1 Å². The predicted molar refractivity (Wildman–Crippen MR) is 89.1 cm³/mol. The molecule has 24 heavy (non-hydrogen) atoms. The van der Waals surface area contributed by atoms with Gasteiger partial charge < -0.3 is 14.4 Å². The zero-order chi connectivity index (χ0) is 16.9. The molecular formula is C15H22N4O4S. The first-order valence-electron chi connectivity index (χ1n) is 8.16. The molecule has 2 aliphatic rings. The van der Waals surface area contributed by atoms with Gasteiger partial charge in [0.1, 0.15) is 0 Å². The molecule has 2 aliphatic heterocycles. The Bertz CT molecular complexity index is 600. The van der Waals surface area contributed by atoms with Crippen molar-refractivity contribution in [1.82, 2.24) is 14.8 Å². The van der Waals surface area contributed by atoms with Gasteiger partial charge in [0.15, 0.2) is 5.13 Å². The summed E-state index contributed by atoms with van der Waals surface area (Å²) in [6.45, 7) is 6.57. The van der Waals surface area contributed by atoms with Gasteiger partial charge in [0.25, 0.3) is 0 Å². The van der Waals surface area contributed by atoms with Crippen LogP contribution in [0.3, 0.4) is 0 Å². The molecule has 0 saturated carbocycles. The number of ether oxygens (including phenoxy) is 2. The molecule has 1 aromatic heterocycles. The second-order valence-corrected chi connectivity index (χ2v) is 6.77. The summed E-state index contributed by atoms with van der Waals surface area (Å²) in [7, 11) is 0. The zero-order valence-corrected chi connectivity index (χ0v) is 14.6. The van der Waals surface area contributed by atoms with Crippen molar-refractivity contribution in [3.63, 3.8) is 0 Å². The number of hydrogen-bond acceptors (Lipinski definition) is 7. The fourth-order valence-corrected chi connectivity index (χ4v) is 3.83. The number of nitrogens with one attached hydrogen (secondary N) is 1. The fraction of sp³-hybridized carbons (Fsp3) is 0.667.